The maximum Gasteiger partial charge on any atom is 0.192 e. The van der Waals surface area contributed by atoms with Crippen LogP contribution in [0.1, 0.15) is 52.7 Å². The summed E-state index contributed by atoms with van der Waals surface area (Å²) >= 11 is 12.8. The highest BCUT2D eigenvalue weighted by molar-refractivity contribution is 9.10. The molecule has 0 spiro atoms. The van der Waals surface area contributed by atoms with Crippen LogP contribution < -0.4 is 0 Å². The summed E-state index contributed by atoms with van der Waals surface area (Å²) in [5, 5.41) is 9.24. The van der Waals surface area contributed by atoms with Crippen LogP contribution in [0.3, 0.4) is 0 Å². The lowest BCUT2D eigenvalue weighted by Crippen LogP contribution is -2.40. The summed E-state index contributed by atoms with van der Waals surface area (Å²) in [5.74, 6) is 0. The van der Waals surface area contributed by atoms with E-state index in [2.05, 4.69) is 110 Å². The Kier molecular flexibility index (Phi) is 13.8. The smallest absolute Gasteiger partial charge is 0.192 e. The normalized spacial score (nSPS) is 12.3. The second-order valence-corrected chi connectivity index (χ2v) is 24.4. The Morgan fingerprint density at radius 2 is 1.24 bits per heavy atom. The molecule has 0 aliphatic rings. The van der Waals surface area contributed by atoms with Crippen LogP contribution in [0.5, 0.6) is 0 Å². The van der Waals surface area contributed by atoms with Gasteiger partial charge in [-0.2, -0.15) is 11.1 Å². The average molecular weight is 641 g/mol. The molecule has 0 atom stereocenters. The Morgan fingerprint density at radius 1 is 0.848 bits per heavy atom. The molecule has 0 unspecified atom stereocenters. The summed E-state index contributed by atoms with van der Waals surface area (Å²) in [6.45, 7) is 22.9. The third-order valence-corrected chi connectivity index (χ3v) is 17.2. The maximum absolute atomic E-state index is 8.65. The van der Waals surface area contributed by atoms with Crippen molar-refractivity contribution >= 4 is 58.6 Å². The fraction of sp³-hybridized carbons (Fsp3) is 0.583. The Bertz CT molecular complexity index is 837. The van der Waals surface area contributed by atoms with Crippen molar-refractivity contribution in [3.05, 3.63) is 57.0 Å². The number of hydrogen-bond donors (Lipinski definition) is 1. The predicted molar refractivity (Wildman–Crippen MR) is 155 cm³/mol. The van der Waals surface area contributed by atoms with E-state index in [1.165, 1.54) is 0 Å². The van der Waals surface area contributed by atoms with E-state index in [9.17, 15) is 0 Å². The first-order chi connectivity index (χ1) is 14.8. The molecule has 33 heavy (non-hydrogen) atoms. The van der Waals surface area contributed by atoms with E-state index in [-0.39, 0.29) is 11.6 Å². The van der Waals surface area contributed by atoms with Crippen molar-refractivity contribution in [2.45, 2.75) is 91.0 Å². The summed E-state index contributed by atoms with van der Waals surface area (Å²) < 4.78 is 7.73. The number of pyridine rings is 2. The molecule has 0 aliphatic heterocycles. The lowest BCUT2D eigenvalue weighted by Gasteiger charge is -2.36. The van der Waals surface area contributed by atoms with Crippen molar-refractivity contribution in [2.24, 2.45) is 0 Å². The summed E-state index contributed by atoms with van der Waals surface area (Å²) in [7, 11) is -3.05. The van der Waals surface area contributed by atoms with Crippen LogP contribution in [0.15, 0.2) is 45.9 Å². The minimum Gasteiger partial charge on any atom is -0.412 e. The molecule has 2 rings (SSSR count). The van der Waals surface area contributed by atoms with Gasteiger partial charge in [-0.05, 0) is 67.2 Å². The van der Waals surface area contributed by atoms with Gasteiger partial charge in [-0.3, -0.25) is 0 Å². The van der Waals surface area contributed by atoms with Crippen LogP contribution in [0.4, 0.5) is 0 Å². The third kappa shape index (κ3) is 12.4. The van der Waals surface area contributed by atoms with E-state index in [1.807, 2.05) is 18.2 Å². The molecule has 1 N–H and O–H groups in total. The van der Waals surface area contributed by atoms with Crippen LogP contribution in [-0.4, -0.2) is 30.8 Å². The van der Waals surface area contributed by atoms with Crippen molar-refractivity contribution in [1.82, 2.24) is 9.97 Å². The van der Waals surface area contributed by atoms with E-state index in [0.717, 1.165) is 15.7 Å². The molecule has 188 valence electrons. The Hall–Kier alpha value is -0.0962. The van der Waals surface area contributed by atoms with Crippen molar-refractivity contribution < 1.29 is 9.53 Å². The molecule has 0 bridgehead atoms. The molecule has 0 amide bonds. The topological polar surface area (TPSA) is 55.2 Å². The maximum atomic E-state index is 8.65. The Labute approximate surface area is 225 Å². The largest absolute Gasteiger partial charge is 0.412 e. The fourth-order valence-electron chi connectivity index (χ4n) is 1.54. The number of rotatable bonds is 4. The Morgan fingerprint density at radius 3 is 1.52 bits per heavy atom. The van der Waals surface area contributed by atoms with Crippen molar-refractivity contribution in [3.63, 3.8) is 0 Å². The van der Waals surface area contributed by atoms with E-state index < -0.39 is 15.7 Å². The fourth-order valence-corrected chi connectivity index (χ4v) is 3.23. The lowest BCUT2D eigenvalue weighted by molar-refractivity contribution is 0.275. The molecule has 0 aromatic carbocycles. The zero-order valence-corrected chi connectivity index (χ0v) is 27.7. The van der Waals surface area contributed by atoms with Gasteiger partial charge in [0.1, 0.15) is 9.21 Å². The molecule has 9 heteroatoms. The van der Waals surface area contributed by atoms with Gasteiger partial charge in [-0.15, -0.1) is 0 Å². The Balaban J connectivity index is 0.000000511. The summed E-state index contributed by atoms with van der Waals surface area (Å²) in [5.41, 5.74) is 1.94. The molecule has 0 saturated carbocycles. The third-order valence-electron chi connectivity index (χ3n) is 6.02. The number of aromatic nitrogens is 2. The minimum absolute atomic E-state index is 0.0361. The zero-order chi connectivity index (χ0) is 26.1. The van der Waals surface area contributed by atoms with Crippen LogP contribution in [0.25, 0.3) is 0 Å². The van der Waals surface area contributed by atoms with Gasteiger partial charge in [0, 0.05) is 23.5 Å². The van der Waals surface area contributed by atoms with Gasteiger partial charge in [0.25, 0.3) is 0 Å². The highest BCUT2D eigenvalue weighted by atomic mass is 79.9. The number of aliphatic hydroxyl groups is 1. The molecule has 0 fully saturated rings. The van der Waals surface area contributed by atoms with Gasteiger partial charge in [0.2, 0.25) is 0 Å². The SMILES string of the molecule is CC(C)(C)[Si](C)(C)Cl.CC(C)(C)[Si](C)(C)OCc1cccnc1Br.OCc1cccnc1Br. The standard InChI is InChI=1S/C12H20BrNOSi.C6H6BrNO.C6H15ClSi/c1-12(2,3)16(4,5)15-9-10-7-6-8-14-11(10)13;7-6-5(4-9)2-1-3-8-6;1-6(2,3)8(4,5)7/h6-8H,9H2,1-5H3;1-3,9H,4H2;1-5H3. The van der Waals surface area contributed by atoms with E-state index in [4.69, 9.17) is 20.6 Å². The van der Waals surface area contributed by atoms with E-state index >= 15 is 0 Å². The molecule has 0 saturated heterocycles. The molecule has 0 aliphatic carbocycles. The van der Waals surface area contributed by atoms with Gasteiger partial charge in [0.05, 0.1) is 13.2 Å². The first kappa shape index (κ1) is 32.9. The lowest BCUT2D eigenvalue weighted by atomic mass is 10.2. The highest BCUT2D eigenvalue weighted by Crippen LogP contribution is 2.38. The van der Waals surface area contributed by atoms with Gasteiger partial charge in [0.15, 0.2) is 15.7 Å². The second-order valence-electron chi connectivity index (χ2n) is 10.8. The van der Waals surface area contributed by atoms with Crippen LogP contribution in [-0.2, 0) is 17.6 Å². The van der Waals surface area contributed by atoms with Crippen LogP contribution >= 0.6 is 42.9 Å². The molecular formula is C24H41Br2ClN2O2Si2. The van der Waals surface area contributed by atoms with Gasteiger partial charge in [-0.25, -0.2) is 9.97 Å². The molecule has 2 aromatic heterocycles. The van der Waals surface area contributed by atoms with Gasteiger partial charge in [-0.1, -0.05) is 66.8 Å². The number of halogens is 3. The van der Waals surface area contributed by atoms with E-state index in [1.54, 1.807) is 18.5 Å². The van der Waals surface area contributed by atoms with Crippen molar-refractivity contribution in [2.75, 3.05) is 0 Å². The zero-order valence-electron chi connectivity index (χ0n) is 21.8. The number of nitrogens with zero attached hydrogens (tertiary/aromatic N) is 2. The number of aliphatic hydroxyl groups excluding tert-OH is 1. The first-order valence-corrected chi connectivity index (χ1v) is 19.5. The summed E-state index contributed by atoms with van der Waals surface area (Å²) in [4.78, 5) is 8.10. The minimum atomic E-state index is -1.66. The van der Waals surface area contributed by atoms with Crippen molar-refractivity contribution in [1.29, 1.82) is 0 Å². The quantitative estimate of drug-likeness (QED) is 0.206. The monoisotopic (exact) mass is 638 g/mol. The van der Waals surface area contributed by atoms with Gasteiger partial charge >= 0.3 is 0 Å². The predicted octanol–water partition coefficient (Wildman–Crippen LogP) is 8.93. The van der Waals surface area contributed by atoms with Crippen LogP contribution in [0.2, 0.25) is 36.3 Å². The molecule has 0 radical (unpaired) electrons. The molecule has 2 heterocycles. The summed E-state index contributed by atoms with van der Waals surface area (Å²) in [6, 6.07) is 7.59. The average Bonchev–Trinajstić information content (AvgIpc) is 2.66. The number of hydrogen-bond acceptors (Lipinski definition) is 4. The van der Waals surface area contributed by atoms with Crippen LogP contribution in [0, 0.1) is 0 Å². The second kappa shape index (κ2) is 13.8. The highest BCUT2D eigenvalue weighted by Gasteiger charge is 2.37. The van der Waals surface area contributed by atoms with Crippen molar-refractivity contribution in [3.8, 4) is 0 Å². The summed E-state index contributed by atoms with van der Waals surface area (Å²) in [6.07, 6.45) is 3.45. The molecule has 4 nitrogen and oxygen atoms in total. The van der Waals surface area contributed by atoms with E-state index in [0.29, 0.717) is 16.2 Å². The molecular weight excluding hydrogens is 600 g/mol. The molecule has 2 aromatic rings. The first-order valence-electron chi connectivity index (χ1n) is 11.0. The van der Waals surface area contributed by atoms with Gasteiger partial charge < -0.3 is 9.53 Å².